The Bertz CT molecular complexity index is 644. The zero-order valence-corrected chi connectivity index (χ0v) is 11.6. The number of halogens is 2. The molecule has 4 nitrogen and oxygen atoms in total. The molecule has 2 aromatic rings. The topological polar surface area (TPSA) is 68.0 Å². The molecule has 19 heavy (non-hydrogen) atoms. The maximum absolute atomic E-state index is 12.1. The molecule has 2 rings (SSSR count). The van der Waals surface area contributed by atoms with Crippen LogP contribution in [0, 0.1) is 6.92 Å². The van der Waals surface area contributed by atoms with Crippen molar-refractivity contribution in [2.45, 2.75) is 6.92 Å². The van der Waals surface area contributed by atoms with E-state index in [-0.39, 0.29) is 22.3 Å². The molecule has 0 fully saturated rings. The summed E-state index contributed by atoms with van der Waals surface area (Å²) in [5.41, 5.74) is 7.79. The summed E-state index contributed by atoms with van der Waals surface area (Å²) < 4.78 is 0. The summed E-state index contributed by atoms with van der Waals surface area (Å²) in [6, 6.07) is 6.62. The fourth-order valence-electron chi connectivity index (χ4n) is 1.59. The molecule has 1 amide bonds. The standard InChI is InChI=1S/C13H11Cl2N3O/c1-7-4-8(14)2-3-11(7)18-13(19)9-5-12(15)17-6-10(9)16/h2-6H,16H2,1H3,(H,18,19). The lowest BCUT2D eigenvalue weighted by molar-refractivity contribution is 0.102. The number of nitrogen functional groups attached to an aromatic ring is 1. The summed E-state index contributed by atoms with van der Waals surface area (Å²) in [5, 5.41) is 3.59. The summed E-state index contributed by atoms with van der Waals surface area (Å²) in [6.07, 6.45) is 1.35. The smallest absolute Gasteiger partial charge is 0.257 e. The maximum Gasteiger partial charge on any atom is 0.257 e. The molecule has 0 bridgehead atoms. The highest BCUT2D eigenvalue weighted by Gasteiger charge is 2.12. The second kappa shape index (κ2) is 5.47. The summed E-state index contributed by atoms with van der Waals surface area (Å²) in [6.45, 7) is 1.85. The third-order valence-electron chi connectivity index (χ3n) is 2.58. The SMILES string of the molecule is Cc1cc(Cl)ccc1NC(=O)c1cc(Cl)ncc1N. The number of amides is 1. The van der Waals surface area contributed by atoms with Gasteiger partial charge in [-0.05, 0) is 36.8 Å². The Hall–Kier alpha value is -1.78. The van der Waals surface area contributed by atoms with Crippen LogP contribution in [0.4, 0.5) is 11.4 Å². The fourth-order valence-corrected chi connectivity index (χ4v) is 1.98. The summed E-state index contributed by atoms with van der Waals surface area (Å²) in [5.74, 6) is -0.341. The number of carbonyl (C=O) groups excluding carboxylic acids is 1. The number of hydrogen-bond donors (Lipinski definition) is 2. The van der Waals surface area contributed by atoms with E-state index in [4.69, 9.17) is 28.9 Å². The molecule has 0 unspecified atom stereocenters. The summed E-state index contributed by atoms with van der Waals surface area (Å²) in [7, 11) is 0. The van der Waals surface area contributed by atoms with E-state index in [1.807, 2.05) is 6.92 Å². The van der Waals surface area contributed by atoms with E-state index in [0.717, 1.165) is 5.56 Å². The minimum absolute atomic E-state index is 0.215. The normalized spacial score (nSPS) is 10.3. The van der Waals surface area contributed by atoms with Crippen molar-refractivity contribution < 1.29 is 4.79 Å². The first-order chi connectivity index (χ1) is 8.97. The van der Waals surface area contributed by atoms with Gasteiger partial charge in [-0.25, -0.2) is 4.98 Å². The Morgan fingerprint density at radius 1 is 1.32 bits per heavy atom. The molecular weight excluding hydrogens is 285 g/mol. The number of benzene rings is 1. The molecular formula is C13H11Cl2N3O. The van der Waals surface area contributed by atoms with E-state index < -0.39 is 0 Å². The molecule has 0 spiro atoms. The average molecular weight is 296 g/mol. The van der Waals surface area contributed by atoms with Gasteiger partial charge in [0.05, 0.1) is 17.4 Å². The van der Waals surface area contributed by atoms with E-state index >= 15 is 0 Å². The number of pyridine rings is 1. The molecule has 1 aromatic heterocycles. The predicted molar refractivity (Wildman–Crippen MR) is 77.8 cm³/mol. The molecule has 1 heterocycles. The van der Waals surface area contributed by atoms with Crippen LogP contribution in [0.25, 0.3) is 0 Å². The van der Waals surface area contributed by atoms with Crippen LogP contribution < -0.4 is 11.1 Å². The molecule has 0 radical (unpaired) electrons. The zero-order valence-electron chi connectivity index (χ0n) is 10.1. The lowest BCUT2D eigenvalue weighted by Crippen LogP contribution is -2.15. The Morgan fingerprint density at radius 2 is 2.05 bits per heavy atom. The zero-order chi connectivity index (χ0) is 14.0. The van der Waals surface area contributed by atoms with Crippen molar-refractivity contribution in [3.05, 3.63) is 51.8 Å². The van der Waals surface area contributed by atoms with Gasteiger partial charge in [0.25, 0.3) is 5.91 Å². The first-order valence-corrected chi connectivity index (χ1v) is 6.21. The Balaban J connectivity index is 2.28. The largest absolute Gasteiger partial charge is 0.397 e. The van der Waals surface area contributed by atoms with Gasteiger partial charge in [-0.2, -0.15) is 0 Å². The molecule has 0 aliphatic heterocycles. The van der Waals surface area contributed by atoms with Gasteiger partial charge < -0.3 is 11.1 Å². The van der Waals surface area contributed by atoms with E-state index in [9.17, 15) is 4.79 Å². The molecule has 0 aliphatic carbocycles. The number of nitrogens with one attached hydrogen (secondary N) is 1. The molecule has 0 saturated carbocycles. The van der Waals surface area contributed by atoms with Crippen LogP contribution >= 0.6 is 23.2 Å². The molecule has 0 saturated heterocycles. The molecule has 0 aliphatic rings. The Kier molecular flexibility index (Phi) is 3.93. The molecule has 1 aromatic carbocycles. The molecule has 0 atom stereocenters. The number of nitrogens with zero attached hydrogens (tertiary/aromatic N) is 1. The van der Waals surface area contributed by atoms with Gasteiger partial charge in [-0.3, -0.25) is 4.79 Å². The summed E-state index contributed by atoms with van der Waals surface area (Å²) >= 11 is 11.6. The number of carbonyl (C=O) groups is 1. The van der Waals surface area contributed by atoms with Crippen LogP contribution in [0.3, 0.4) is 0 Å². The minimum Gasteiger partial charge on any atom is -0.397 e. The average Bonchev–Trinajstić information content (AvgIpc) is 2.35. The quantitative estimate of drug-likeness (QED) is 0.833. The van der Waals surface area contributed by atoms with Gasteiger partial charge in [0.1, 0.15) is 5.15 Å². The van der Waals surface area contributed by atoms with Gasteiger partial charge in [0.2, 0.25) is 0 Å². The van der Waals surface area contributed by atoms with Crippen molar-refractivity contribution >= 4 is 40.5 Å². The van der Waals surface area contributed by atoms with E-state index in [1.165, 1.54) is 12.3 Å². The van der Waals surface area contributed by atoms with Crippen molar-refractivity contribution in [3.8, 4) is 0 Å². The lowest BCUT2D eigenvalue weighted by atomic mass is 10.1. The van der Waals surface area contributed by atoms with Crippen LogP contribution in [-0.2, 0) is 0 Å². The van der Waals surface area contributed by atoms with Crippen LogP contribution in [0.5, 0.6) is 0 Å². The predicted octanol–water partition coefficient (Wildman–Crippen LogP) is 3.53. The van der Waals surface area contributed by atoms with Crippen LogP contribution in [-0.4, -0.2) is 10.9 Å². The third kappa shape index (κ3) is 3.16. The van der Waals surface area contributed by atoms with Crippen LogP contribution in [0.2, 0.25) is 10.2 Å². The third-order valence-corrected chi connectivity index (χ3v) is 3.02. The number of anilines is 2. The number of rotatable bonds is 2. The molecule has 98 valence electrons. The van der Waals surface area contributed by atoms with E-state index in [1.54, 1.807) is 18.2 Å². The van der Waals surface area contributed by atoms with Crippen molar-refractivity contribution in [1.29, 1.82) is 0 Å². The Morgan fingerprint density at radius 3 is 2.74 bits per heavy atom. The van der Waals surface area contributed by atoms with Gasteiger partial charge in [0.15, 0.2) is 0 Å². The van der Waals surface area contributed by atoms with Crippen molar-refractivity contribution in [1.82, 2.24) is 4.98 Å². The van der Waals surface area contributed by atoms with Gasteiger partial charge in [0, 0.05) is 10.7 Å². The monoisotopic (exact) mass is 295 g/mol. The second-order valence-electron chi connectivity index (χ2n) is 4.01. The first kappa shape index (κ1) is 13.6. The van der Waals surface area contributed by atoms with E-state index in [0.29, 0.717) is 10.7 Å². The van der Waals surface area contributed by atoms with E-state index in [2.05, 4.69) is 10.3 Å². The van der Waals surface area contributed by atoms with Gasteiger partial charge >= 0.3 is 0 Å². The highest BCUT2D eigenvalue weighted by atomic mass is 35.5. The number of nitrogens with two attached hydrogens (primary N) is 1. The van der Waals surface area contributed by atoms with Gasteiger partial charge in [-0.1, -0.05) is 23.2 Å². The number of hydrogen-bond acceptors (Lipinski definition) is 3. The number of aromatic nitrogens is 1. The highest BCUT2D eigenvalue weighted by Crippen LogP contribution is 2.22. The van der Waals surface area contributed by atoms with Crippen LogP contribution in [0.15, 0.2) is 30.5 Å². The fraction of sp³-hybridized carbons (Fsp3) is 0.0769. The van der Waals surface area contributed by atoms with Crippen molar-refractivity contribution in [2.24, 2.45) is 0 Å². The second-order valence-corrected chi connectivity index (χ2v) is 4.83. The summed E-state index contributed by atoms with van der Waals surface area (Å²) in [4.78, 5) is 15.9. The molecule has 6 heteroatoms. The highest BCUT2D eigenvalue weighted by molar-refractivity contribution is 6.31. The Labute approximate surface area is 120 Å². The molecule has 3 N–H and O–H groups in total. The van der Waals surface area contributed by atoms with Crippen LogP contribution in [0.1, 0.15) is 15.9 Å². The lowest BCUT2D eigenvalue weighted by Gasteiger charge is -2.10. The van der Waals surface area contributed by atoms with Gasteiger partial charge in [-0.15, -0.1) is 0 Å². The first-order valence-electron chi connectivity index (χ1n) is 5.46. The maximum atomic E-state index is 12.1. The number of aryl methyl sites for hydroxylation is 1. The van der Waals surface area contributed by atoms with Crippen molar-refractivity contribution in [3.63, 3.8) is 0 Å². The van der Waals surface area contributed by atoms with Crippen molar-refractivity contribution in [2.75, 3.05) is 11.1 Å². The minimum atomic E-state index is -0.341.